The Bertz CT molecular complexity index is 1220. The molecule has 138 valence electrons. The maximum absolute atomic E-state index is 13.1. The zero-order chi connectivity index (χ0) is 20.3. The van der Waals surface area contributed by atoms with E-state index in [-0.39, 0.29) is 56.1 Å². The second kappa shape index (κ2) is 5.65. The molecule has 2 aromatic rings. The lowest BCUT2D eigenvalue weighted by Crippen LogP contribution is -2.22. The van der Waals surface area contributed by atoms with E-state index in [1.165, 1.54) is 18.2 Å². The van der Waals surface area contributed by atoms with Crippen LogP contribution in [-0.4, -0.2) is 23.1 Å². The molecule has 0 spiro atoms. The van der Waals surface area contributed by atoms with Gasteiger partial charge in [0.15, 0.2) is 23.1 Å². The highest BCUT2D eigenvalue weighted by Crippen LogP contribution is 2.40. The fourth-order valence-corrected chi connectivity index (χ4v) is 3.55. The lowest BCUT2D eigenvalue weighted by molar-refractivity contribution is 0.0994. The maximum Gasteiger partial charge on any atom is 0.194 e. The zero-order valence-electron chi connectivity index (χ0n) is 14.4. The molecule has 0 amide bonds. The van der Waals surface area contributed by atoms with Crippen LogP contribution in [0.25, 0.3) is 5.57 Å². The van der Waals surface area contributed by atoms with Crippen LogP contribution in [0.15, 0.2) is 36.4 Å². The van der Waals surface area contributed by atoms with Crippen molar-refractivity contribution >= 4 is 51.5 Å². The van der Waals surface area contributed by atoms with E-state index in [2.05, 4.69) is 0 Å². The van der Waals surface area contributed by atoms with Crippen molar-refractivity contribution in [3.63, 3.8) is 0 Å². The lowest BCUT2D eigenvalue weighted by Gasteiger charge is -2.22. The number of ketones is 4. The average Bonchev–Trinajstić information content (AvgIpc) is 2.61. The molecule has 0 fully saturated rings. The third-order valence-electron chi connectivity index (χ3n) is 4.77. The minimum atomic E-state index is -0.558. The minimum absolute atomic E-state index is 0.000394. The fraction of sp³-hybridized carbons (Fsp3) is 0. The monoisotopic (exact) mass is 374 g/mol. The quantitative estimate of drug-likeness (QED) is 0.542. The Morgan fingerprint density at radius 3 is 1.96 bits per heavy atom. The molecule has 0 aromatic heterocycles. The number of nitrogen functional groups attached to an aromatic ring is 4. The molecule has 0 saturated carbocycles. The smallest absolute Gasteiger partial charge is 0.194 e. The topological polar surface area (TPSA) is 172 Å². The van der Waals surface area contributed by atoms with Gasteiger partial charge in [0.05, 0.1) is 16.8 Å². The predicted molar refractivity (Wildman–Crippen MR) is 105 cm³/mol. The van der Waals surface area contributed by atoms with Crippen LogP contribution in [0.1, 0.15) is 47.0 Å². The molecule has 8 N–H and O–H groups in total. The Balaban J connectivity index is 1.98. The molecule has 0 bridgehead atoms. The third kappa shape index (κ3) is 2.25. The molecule has 28 heavy (non-hydrogen) atoms. The summed E-state index contributed by atoms with van der Waals surface area (Å²) in [5, 5.41) is 0. The number of hydrogen-bond acceptors (Lipinski definition) is 8. The predicted octanol–water partition coefficient (Wildman–Crippen LogP) is 1.41. The van der Waals surface area contributed by atoms with Crippen molar-refractivity contribution < 1.29 is 19.2 Å². The number of carbonyl (C=O) groups excluding carboxylic acids is 4. The standard InChI is InChI=1S/C20H14N4O4/c21-7-3-9-16(11(22)4-7)15(27)6-10(20(9)28)17-12(23)5-8-13(25)1-2-14(26)18(8)19(17)24/h1-6H,21-24H2. The van der Waals surface area contributed by atoms with Crippen molar-refractivity contribution in [1.82, 2.24) is 0 Å². The van der Waals surface area contributed by atoms with Crippen LogP contribution in [0.5, 0.6) is 0 Å². The van der Waals surface area contributed by atoms with Gasteiger partial charge < -0.3 is 22.9 Å². The Morgan fingerprint density at radius 1 is 0.607 bits per heavy atom. The van der Waals surface area contributed by atoms with Gasteiger partial charge in [0, 0.05) is 39.3 Å². The van der Waals surface area contributed by atoms with Crippen LogP contribution in [0.4, 0.5) is 22.7 Å². The number of Topliss-reactive ketones (excluding diaryl/α,β-unsaturated/α-hetero) is 1. The third-order valence-corrected chi connectivity index (χ3v) is 4.77. The molecule has 0 radical (unpaired) electrons. The first-order chi connectivity index (χ1) is 13.2. The van der Waals surface area contributed by atoms with Crippen molar-refractivity contribution in [3.8, 4) is 0 Å². The summed E-state index contributed by atoms with van der Waals surface area (Å²) in [4.78, 5) is 50.0. The summed E-state index contributed by atoms with van der Waals surface area (Å²) in [5.74, 6) is -1.99. The van der Waals surface area contributed by atoms with E-state index >= 15 is 0 Å². The number of fused-ring (bicyclic) bond motifs is 2. The number of rotatable bonds is 1. The van der Waals surface area contributed by atoms with Crippen LogP contribution in [0.3, 0.4) is 0 Å². The van der Waals surface area contributed by atoms with Crippen LogP contribution < -0.4 is 22.9 Å². The summed E-state index contributed by atoms with van der Waals surface area (Å²) in [7, 11) is 0. The Hall–Kier alpha value is -4.20. The molecule has 0 heterocycles. The van der Waals surface area contributed by atoms with Crippen molar-refractivity contribution in [2.45, 2.75) is 0 Å². The number of allylic oxidation sites excluding steroid dienone is 4. The molecule has 0 unspecified atom stereocenters. The van der Waals surface area contributed by atoms with Crippen molar-refractivity contribution in [3.05, 3.63) is 64.2 Å². The van der Waals surface area contributed by atoms with Gasteiger partial charge in [-0.25, -0.2) is 0 Å². The van der Waals surface area contributed by atoms with Crippen LogP contribution in [0, 0.1) is 0 Å². The first-order valence-electron chi connectivity index (χ1n) is 8.19. The largest absolute Gasteiger partial charge is 0.399 e. The SMILES string of the molecule is Nc1cc(N)c2c(c1)C(=O)C(c1c(N)cc3c(c1N)C(=O)C=CC3=O)=CC2=O. The van der Waals surface area contributed by atoms with Gasteiger partial charge in [-0.2, -0.15) is 0 Å². The number of hydrogen-bond donors (Lipinski definition) is 4. The van der Waals surface area contributed by atoms with E-state index in [0.29, 0.717) is 0 Å². The zero-order valence-corrected chi connectivity index (χ0v) is 14.4. The Kier molecular flexibility index (Phi) is 3.47. The summed E-state index contributed by atoms with van der Waals surface area (Å²) >= 11 is 0. The van der Waals surface area contributed by atoms with E-state index in [1.807, 2.05) is 0 Å². The molecular weight excluding hydrogens is 360 g/mol. The van der Waals surface area contributed by atoms with Gasteiger partial charge in [0.25, 0.3) is 0 Å². The summed E-state index contributed by atoms with van der Waals surface area (Å²) in [6, 6.07) is 4.02. The first-order valence-corrected chi connectivity index (χ1v) is 8.19. The fourth-order valence-electron chi connectivity index (χ4n) is 3.55. The summed E-state index contributed by atoms with van der Waals surface area (Å²) in [6.45, 7) is 0. The molecule has 0 aliphatic heterocycles. The number of benzene rings is 2. The van der Waals surface area contributed by atoms with Crippen molar-refractivity contribution in [2.24, 2.45) is 0 Å². The molecule has 8 nitrogen and oxygen atoms in total. The molecule has 0 saturated heterocycles. The van der Waals surface area contributed by atoms with Gasteiger partial charge in [0.1, 0.15) is 0 Å². The highest BCUT2D eigenvalue weighted by atomic mass is 16.1. The van der Waals surface area contributed by atoms with E-state index in [0.717, 1.165) is 18.2 Å². The number of anilines is 4. The van der Waals surface area contributed by atoms with Crippen LogP contribution >= 0.6 is 0 Å². The summed E-state index contributed by atoms with van der Waals surface area (Å²) < 4.78 is 0. The molecule has 4 rings (SSSR count). The van der Waals surface area contributed by atoms with Gasteiger partial charge >= 0.3 is 0 Å². The normalized spacial score (nSPS) is 15.4. The molecular formula is C20H14N4O4. The lowest BCUT2D eigenvalue weighted by atomic mass is 9.81. The van der Waals surface area contributed by atoms with E-state index < -0.39 is 23.1 Å². The van der Waals surface area contributed by atoms with Gasteiger partial charge in [0.2, 0.25) is 0 Å². The van der Waals surface area contributed by atoms with Crippen molar-refractivity contribution in [1.29, 1.82) is 0 Å². The number of nitrogens with two attached hydrogens (primary N) is 4. The van der Waals surface area contributed by atoms with Gasteiger partial charge in [-0.1, -0.05) is 0 Å². The molecule has 2 aliphatic rings. The molecule has 2 aliphatic carbocycles. The summed E-state index contributed by atoms with van der Waals surface area (Å²) in [6.07, 6.45) is 3.30. The summed E-state index contributed by atoms with van der Waals surface area (Å²) in [5.41, 5.74) is 24.0. The molecule has 8 heteroatoms. The highest BCUT2D eigenvalue weighted by molar-refractivity contribution is 6.41. The number of carbonyl (C=O) groups is 4. The second-order valence-corrected chi connectivity index (χ2v) is 6.52. The highest BCUT2D eigenvalue weighted by Gasteiger charge is 2.33. The minimum Gasteiger partial charge on any atom is -0.399 e. The molecule has 0 atom stereocenters. The van der Waals surface area contributed by atoms with Gasteiger partial charge in [-0.05, 0) is 36.4 Å². The second-order valence-electron chi connectivity index (χ2n) is 6.52. The van der Waals surface area contributed by atoms with E-state index in [9.17, 15) is 19.2 Å². The molecule has 2 aromatic carbocycles. The van der Waals surface area contributed by atoms with E-state index in [1.54, 1.807) is 0 Å². The average molecular weight is 374 g/mol. The maximum atomic E-state index is 13.1. The van der Waals surface area contributed by atoms with Gasteiger partial charge in [-0.15, -0.1) is 0 Å². The van der Waals surface area contributed by atoms with Gasteiger partial charge in [-0.3, -0.25) is 19.2 Å². The van der Waals surface area contributed by atoms with Crippen LogP contribution in [-0.2, 0) is 0 Å². The first kappa shape index (κ1) is 17.2. The van der Waals surface area contributed by atoms with Crippen molar-refractivity contribution in [2.75, 3.05) is 22.9 Å². The van der Waals surface area contributed by atoms with E-state index in [4.69, 9.17) is 22.9 Å². The Labute approximate surface area is 158 Å². The Morgan fingerprint density at radius 2 is 1.25 bits per heavy atom. The van der Waals surface area contributed by atoms with Crippen LogP contribution in [0.2, 0.25) is 0 Å².